The first-order valence-corrected chi connectivity index (χ1v) is 10.7. The fourth-order valence-corrected chi connectivity index (χ4v) is 3.75. The Balaban J connectivity index is 1.67. The van der Waals surface area contributed by atoms with Crippen LogP contribution in [0.1, 0.15) is 31.1 Å². The number of anilines is 2. The van der Waals surface area contributed by atoms with Crippen LogP contribution in [0.25, 0.3) is 11.4 Å². The third-order valence-corrected chi connectivity index (χ3v) is 5.35. The topological polar surface area (TPSA) is 106 Å². The molecule has 3 rings (SSSR count). The Labute approximate surface area is 184 Å². The maximum absolute atomic E-state index is 12.3. The Bertz CT molecular complexity index is 1110. The van der Waals surface area contributed by atoms with Gasteiger partial charge in [0.1, 0.15) is 0 Å². The van der Waals surface area contributed by atoms with Crippen molar-refractivity contribution >= 4 is 40.7 Å². The van der Waals surface area contributed by atoms with Crippen molar-refractivity contribution in [2.24, 2.45) is 0 Å². The lowest BCUT2D eigenvalue weighted by molar-refractivity contribution is -0.114. The van der Waals surface area contributed by atoms with Crippen LogP contribution >= 0.6 is 11.8 Å². The van der Waals surface area contributed by atoms with E-state index in [-0.39, 0.29) is 23.4 Å². The van der Waals surface area contributed by atoms with Gasteiger partial charge < -0.3 is 15.2 Å². The van der Waals surface area contributed by atoms with Crippen molar-refractivity contribution in [3.8, 4) is 11.4 Å². The average molecular weight is 438 g/mol. The van der Waals surface area contributed by atoms with E-state index in [0.29, 0.717) is 34.5 Å². The number of amides is 2. The van der Waals surface area contributed by atoms with Gasteiger partial charge in [0, 0.05) is 36.0 Å². The van der Waals surface area contributed by atoms with E-state index in [9.17, 15) is 14.4 Å². The van der Waals surface area contributed by atoms with Crippen molar-refractivity contribution < 1.29 is 14.4 Å². The molecule has 9 heteroatoms. The van der Waals surface area contributed by atoms with Crippen molar-refractivity contribution in [3.63, 3.8) is 0 Å². The predicted molar refractivity (Wildman–Crippen MR) is 121 cm³/mol. The normalized spacial score (nSPS) is 10.5. The molecule has 1 aromatic heterocycles. The minimum absolute atomic E-state index is 0.0225. The summed E-state index contributed by atoms with van der Waals surface area (Å²) in [6, 6.07) is 14.1. The number of benzene rings is 2. The van der Waals surface area contributed by atoms with Gasteiger partial charge in [-0.15, -0.1) is 10.2 Å². The van der Waals surface area contributed by atoms with Gasteiger partial charge in [0.05, 0.1) is 5.75 Å². The van der Waals surface area contributed by atoms with Gasteiger partial charge in [0.2, 0.25) is 11.8 Å². The summed E-state index contributed by atoms with van der Waals surface area (Å²) < 4.78 is 1.92. The Morgan fingerprint density at radius 1 is 0.968 bits per heavy atom. The summed E-state index contributed by atoms with van der Waals surface area (Å²) in [5, 5.41) is 14.7. The monoisotopic (exact) mass is 437 g/mol. The van der Waals surface area contributed by atoms with Crippen LogP contribution in [0.5, 0.6) is 0 Å². The fraction of sp³-hybridized carbons (Fsp3) is 0.227. The second-order valence-corrected chi connectivity index (χ2v) is 7.73. The molecule has 0 bridgehead atoms. The first kappa shape index (κ1) is 22.2. The number of ketones is 1. The molecule has 2 aromatic carbocycles. The number of rotatable bonds is 8. The molecule has 0 atom stereocenters. The number of nitrogens with one attached hydrogen (secondary N) is 2. The molecule has 0 radical (unpaired) electrons. The van der Waals surface area contributed by atoms with Crippen LogP contribution in [0.15, 0.2) is 53.7 Å². The third kappa shape index (κ3) is 5.79. The Hall–Kier alpha value is -3.46. The smallest absolute Gasteiger partial charge is 0.234 e. The van der Waals surface area contributed by atoms with E-state index in [0.717, 1.165) is 5.56 Å². The van der Waals surface area contributed by atoms with Crippen molar-refractivity contribution in [3.05, 3.63) is 54.1 Å². The van der Waals surface area contributed by atoms with Crippen LogP contribution in [-0.4, -0.2) is 38.1 Å². The Morgan fingerprint density at radius 3 is 2.35 bits per heavy atom. The molecule has 0 unspecified atom stereocenters. The molecular weight excluding hydrogens is 414 g/mol. The quantitative estimate of drug-likeness (QED) is 0.409. The number of thioether (sulfide) groups is 1. The highest BCUT2D eigenvalue weighted by molar-refractivity contribution is 7.99. The molecule has 2 N–H and O–H groups in total. The minimum Gasteiger partial charge on any atom is -0.326 e. The summed E-state index contributed by atoms with van der Waals surface area (Å²) in [5.41, 5.74) is 2.73. The molecule has 2 amide bonds. The number of hydrogen-bond acceptors (Lipinski definition) is 6. The number of carbonyl (C=O) groups is 3. The molecule has 3 aromatic rings. The number of Topliss-reactive ketones (excluding diaryl/α,β-unsaturated/α-hetero) is 1. The highest BCUT2D eigenvalue weighted by Crippen LogP contribution is 2.26. The van der Waals surface area contributed by atoms with Crippen molar-refractivity contribution in [1.82, 2.24) is 14.8 Å². The summed E-state index contributed by atoms with van der Waals surface area (Å²) in [7, 11) is 0. The number of aromatic nitrogens is 3. The van der Waals surface area contributed by atoms with E-state index in [1.54, 1.807) is 30.3 Å². The highest BCUT2D eigenvalue weighted by Gasteiger charge is 2.15. The van der Waals surface area contributed by atoms with Gasteiger partial charge in [-0.25, -0.2) is 0 Å². The molecule has 0 saturated carbocycles. The van der Waals surface area contributed by atoms with Crippen LogP contribution in [-0.2, 0) is 16.1 Å². The largest absolute Gasteiger partial charge is 0.326 e. The van der Waals surface area contributed by atoms with Gasteiger partial charge in [0.25, 0.3) is 0 Å². The van der Waals surface area contributed by atoms with Crippen molar-refractivity contribution in [2.75, 3.05) is 16.4 Å². The van der Waals surface area contributed by atoms with Gasteiger partial charge in [-0.1, -0.05) is 23.9 Å². The lowest BCUT2D eigenvalue weighted by atomic mass is 10.1. The second-order valence-electron chi connectivity index (χ2n) is 6.78. The SMILES string of the molecule is CCn1c(SCC(=O)Nc2ccc(C(C)=O)cc2)nnc1-c1cccc(NC(C)=O)c1. The average Bonchev–Trinajstić information content (AvgIpc) is 3.15. The highest BCUT2D eigenvalue weighted by atomic mass is 32.2. The van der Waals surface area contributed by atoms with Crippen LogP contribution in [0, 0.1) is 0 Å². The van der Waals surface area contributed by atoms with Crippen molar-refractivity contribution in [2.45, 2.75) is 32.5 Å². The van der Waals surface area contributed by atoms with E-state index in [2.05, 4.69) is 20.8 Å². The number of nitrogens with zero attached hydrogens (tertiary/aromatic N) is 3. The first-order valence-electron chi connectivity index (χ1n) is 9.72. The fourth-order valence-electron chi connectivity index (χ4n) is 2.95. The maximum Gasteiger partial charge on any atom is 0.234 e. The van der Waals surface area contributed by atoms with E-state index < -0.39 is 0 Å². The van der Waals surface area contributed by atoms with Gasteiger partial charge >= 0.3 is 0 Å². The Morgan fingerprint density at radius 2 is 1.71 bits per heavy atom. The zero-order valence-corrected chi connectivity index (χ0v) is 18.3. The van der Waals surface area contributed by atoms with Crippen LogP contribution in [0.3, 0.4) is 0 Å². The minimum atomic E-state index is -0.180. The predicted octanol–water partition coefficient (Wildman–Crippen LogP) is 3.86. The third-order valence-electron chi connectivity index (χ3n) is 4.38. The number of hydrogen-bond donors (Lipinski definition) is 2. The van der Waals surface area contributed by atoms with Gasteiger partial charge in [-0.2, -0.15) is 0 Å². The second kappa shape index (κ2) is 10.0. The summed E-state index contributed by atoms with van der Waals surface area (Å²) in [4.78, 5) is 35.0. The van der Waals surface area contributed by atoms with E-state index in [4.69, 9.17) is 0 Å². The summed E-state index contributed by atoms with van der Waals surface area (Å²) in [6.07, 6.45) is 0. The first-order chi connectivity index (χ1) is 14.9. The van der Waals surface area contributed by atoms with E-state index >= 15 is 0 Å². The summed E-state index contributed by atoms with van der Waals surface area (Å²) in [6.45, 7) is 5.56. The van der Waals surface area contributed by atoms with Crippen molar-refractivity contribution in [1.29, 1.82) is 0 Å². The number of carbonyl (C=O) groups excluding carboxylic acids is 3. The van der Waals surface area contributed by atoms with Gasteiger partial charge in [-0.05, 0) is 50.2 Å². The summed E-state index contributed by atoms with van der Waals surface area (Å²) in [5.74, 6) is 0.481. The molecule has 8 nitrogen and oxygen atoms in total. The molecule has 160 valence electrons. The molecule has 0 saturated heterocycles. The molecule has 1 heterocycles. The molecule has 0 aliphatic rings. The molecule has 0 spiro atoms. The van der Waals surface area contributed by atoms with E-state index in [1.807, 2.05) is 29.7 Å². The van der Waals surface area contributed by atoms with Crippen LogP contribution < -0.4 is 10.6 Å². The molecule has 31 heavy (non-hydrogen) atoms. The Kier molecular flexibility index (Phi) is 7.19. The molecular formula is C22H23N5O3S. The standard InChI is InChI=1S/C22H23N5O3S/c1-4-27-21(17-6-5-7-19(12-17)23-15(3)29)25-26-22(27)31-13-20(30)24-18-10-8-16(9-11-18)14(2)28/h5-12H,4,13H2,1-3H3,(H,23,29)(H,24,30). The molecule has 0 aliphatic heterocycles. The van der Waals surface area contributed by atoms with Gasteiger partial charge in [0.15, 0.2) is 16.8 Å². The molecule has 0 fully saturated rings. The maximum atomic E-state index is 12.3. The summed E-state index contributed by atoms with van der Waals surface area (Å²) >= 11 is 1.29. The van der Waals surface area contributed by atoms with Gasteiger partial charge in [-0.3, -0.25) is 14.4 Å². The lowest BCUT2D eigenvalue weighted by Crippen LogP contribution is -2.14. The van der Waals surface area contributed by atoms with Crippen LogP contribution in [0.2, 0.25) is 0 Å². The molecule has 0 aliphatic carbocycles. The van der Waals surface area contributed by atoms with E-state index in [1.165, 1.54) is 25.6 Å². The zero-order valence-electron chi connectivity index (χ0n) is 17.5. The zero-order chi connectivity index (χ0) is 22.4. The lowest BCUT2D eigenvalue weighted by Gasteiger charge is -2.09. The van der Waals surface area contributed by atoms with Crippen LogP contribution in [0.4, 0.5) is 11.4 Å².